The van der Waals surface area contributed by atoms with Crippen LogP contribution < -0.4 is 0 Å². The van der Waals surface area contributed by atoms with Crippen molar-refractivity contribution in [3.05, 3.63) is 88.1 Å². The quantitative estimate of drug-likeness (QED) is 0.427. The predicted molar refractivity (Wildman–Crippen MR) is 110 cm³/mol. The van der Waals surface area contributed by atoms with Gasteiger partial charge in [-0.05, 0) is 42.0 Å². The number of carbonyl (C=O) groups excluding carboxylic acids is 2. The molecule has 0 radical (unpaired) electrons. The maximum Gasteiger partial charge on any atom is 0.341 e. The van der Waals surface area contributed by atoms with Gasteiger partial charge in [0.1, 0.15) is 17.0 Å². The van der Waals surface area contributed by atoms with Gasteiger partial charge in [0.05, 0.1) is 17.5 Å². The second-order valence-corrected chi connectivity index (χ2v) is 7.24. The smallest absolute Gasteiger partial charge is 0.341 e. The number of benzene rings is 1. The molecule has 4 rings (SSSR count). The molecule has 1 aliphatic rings. The van der Waals surface area contributed by atoms with Crippen LogP contribution in [0.3, 0.4) is 0 Å². The van der Waals surface area contributed by atoms with Gasteiger partial charge in [0.25, 0.3) is 5.91 Å². The third kappa shape index (κ3) is 4.22. The second-order valence-electron chi connectivity index (χ2n) is 6.45. The minimum Gasteiger partial charge on any atom is -0.467 e. The zero-order valence-electron chi connectivity index (χ0n) is 15.5. The number of nitrogens with zero attached hydrogens (tertiary/aromatic N) is 3. The molecule has 0 aliphatic carbocycles. The van der Waals surface area contributed by atoms with Crippen LogP contribution in [0.1, 0.15) is 34.1 Å². The molecule has 1 amide bonds. The summed E-state index contributed by atoms with van der Waals surface area (Å²) in [6.07, 6.45) is 3.43. The van der Waals surface area contributed by atoms with E-state index in [-0.39, 0.29) is 10.7 Å². The highest BCUT2D eigenvalue weighted by atomic mass is 35.5. The number of amides is 1. The van der Waals surface area contributed by atoms with E-state index in [4.69, 9.17) is 32.4 Å². The molecule has 1 aromatic carbocycles. The number of ether oxygens (including phenoxy) is 1. The Labute approximate surface area is 181 Å². The maximum atomic E-state index is 12.8. The third-order valence-electron chi connectivity index (χ3n) is 4.52. The lowest BCUT2D eigenvalue weighted by Gasteiger charge is -2.19. The van der Waals surface area contributed by atoms with E-state index >= 15 is 0 Å². The number of hydrogen-bond acceptors (Lipinski definition) is 6. The maximum absolute atomic E-state index is 12.8. The predicted octanol–water partition coefficient (Wildman–Crippen LogP) is 4.52. The summed E-state index contributed by atoms with van der Waals surface area (Å²) in [5.41, 5.74) is 1.62. The molecule has 3 heterocycles. The lowest BCUT2D eigenvalue weighted by molar-refractivity contribution is -0.136. The first-order chi connectivity index (χ1) is 14.5. The normalized spacial score (nSPS) is 15.7. The molecule has 1 aliphatic heterocycles. The van der Waals surface area contributed by atoms with Crippen LogP contribution >= 0.6 is 23.2 Å². The lowest BCUT2D eigenvalue weighted by Crippen LogP contribution is -2.31. The number of esters is 1. The molecule has 9 heteroatoms. The van der Waals surface area contributed by atoms with E-state index in [1.54, 1.807) is 30.3 Å². The van der Waals surface area contributed by atoms with Gasteiger partial charge >= 0.3 is 5.97 Å². The number of furan rings is 1. The summed E-state index contributed by atoms with van der Waals surface area (Å²) in [5, 5.41) is 6.35. The summed E-state index contributed by atoms with van der Waals surface area (Å²) < 4.78 is 10.6. The molecule has 0 spiro atoms. The zero-order chi connectivity index (χ0) is 21.1. The number of hydrazone groups is 1. The van der Waals surface area contributed by atoms with Gasteiger partial charge in [-0.15, -0.1) is 0 Å². The van der Waals surface area contributed by atoms with Crippen molar-refractivity contribution in [1.82, 2.24) is 9.99 Å². The minimum absolute atomic E-state index is 0.00706. The fourth-order valence-corrected chi connectivity index (χ4v) is 3.39. The number of halogens is 2. The molecular formula is C21H15Cl2N3O4. The first kappa shape index (κ1) is 20.1. The molecule has 0 N–H and O–H groups in total. The molecule has 3 aromatic rings. The van der Waals surface area contributed by atoms with Crippen molar-refractivity contribution >= 4 is 40.8 Å². The van der Waals surface area contributed by atoms with Crippen LogP contribution in [0.5, 0.6) is 0 Å². The van der Waals surface area contributed by atoms with Crippen molar-refractivity contribution < 1.29 is 18.7 Å². The number of hydrogen-bond donors (Lipinski definition) is 0. The van der Waals surface area contributed by atoms with Gasteiger partial charge in [-0.3, -0.25) is 4.79 Å². The Morgan fingerprint density at radius 2 is 1.93 bits per heavy atom. The van der Waals surface area contributed by atoms with Gasteiger partial charge in [-0.25, -0.2) is 14.8 Å². The zero-order valence-corrected chi connectivity index (χ0v) is 17.0. The SMILES string of the molecule is O=C(OCC(=O)N1N=C(c2ccc(Cl)cc2)CC1c1ccco1)c1cccnc1Cl. The Bertz CT molecular complexity index is 1100. The van der Waals surface area contributed by atoms with Gasteiger partial charge in [-0.1, -0.05) is 35.3 Å². The van der Waals surface area contributed by atoms with E-state index in [2.05, 4.69) is 10.1 Å². The molecular weight excluding hydrogens is 429 g/mol. The van der Waals surface area contributed by atoms with Crippen LogP contribution in [0.25, 0.3) is 0 Å². The fraction of sp³-hybridized carbons (Fsp3) is 0.143. The number of carbonyl (C=O) groups is 2. The summed E-state index contributed by atoms with van der Waals surface area (Å²) in [4.78, 5) is 28.9. The molecule has 1 unspecified atom stereocenters. The molecule has 1 atom stereocenters. The third-order valence-corrected chi connectivity index (χ3v) is 5.07. The van der Waals surface area contributed by atoms with E-state index in [1.807, 2.05) is 12.1 Å². The van der Waals surface area contributed by atoms with Crippen LogP contribution in [0.2, 0.25) is 10.2 Å². The summed E-state index contributed by atoms with van der Waals surface area (Å²) in [7, 11) is 0. The lowest BCUT2D eigenvalue weighted by atomic mass is 10.0. The van der Waals surface area contributed by atoms with Crippen LogP contribution in [-0.2, 0) is 9.53 Å². The van der Waals surface area contributed by atoms with Gasteiger partial charge in [0.2, 0.25) is 0 Å². The summed E-state index contributed by atoms with van der Waals surface area (Å²) in [6.45, 7) is -0.501. The Balaban J connectivity index is 1.52. The molecule has 152 valence electrons. The van der Waals surface area contributed by atoms with Crippen molar-refractivity contribution in [3.8, 4) is 0 Å². The highest BCUT2D eigenvalue weighted by Gasteiger charge is 2.35. The summed E-state index contributed by atoms with van der Waals surface area (Å²) >= 11 is 11.9. The topological polar surface area (TPSA) is 85.0 Å². The number of aromatic nitrogens is 1. The molecule has 7 nitrogen and oxygen atoms in total. The first-order valence-corrected chi connectivity index (χ1v) is 9.75. The summed E-state index contributed by atoms with van der Waals surface area (Å²) in [6, 6.07) is 13.3. The van der Waals surface area contributed by atoms with Crippen LogP contribution in [0.15, 0.2) is 70.5 Å². The number of rotatable bonds is 5. The van der Waals surface area contributed by atoms with E-state index in [9.17, 15) is 9.59 Å². The van der Waals surface area contributed by atoms with E-state index in [0.717, 1.165) is 5.56 Å². The Kier molecular flexibility index (Phi) is 5.83. The second kappa shape index (κ2) is 8.69. The van der Waals surface area contributed by atoms with Crippen LogP contribution in [-0.4, -0.2) is 34.2 Å². The highest BCUT2D eigenvalue weighted by molar-refractivity contribution is 6.32. The van der Waals surface area contributed by atoms with Gasteiger partial charge in [-0.2, -0.15) is 5.10 Å². The van der Waals surface area contributed by atoms with Gasteiger partial charge in [0, 0.05) is 17.6 Å². The number of pyridine rings is 1. The van der Waals surface area contributed by atoms with Crippen molar-refractivity contribution in [3.63, 3.8) is 0 Å². The Hall–Kier alpha value is -3.16. The fourth-order valence-electron chi connectivity index (χ4n) is 3.07. The van der Waals surface area contributed by atoms with E-state index < -0.39 is 24.5 Å². The molecule has 0 bridgehead atoms. The standard InChI is InChI=1S/C21H15Cl2N3O4/c22-14-7-5-13(6-8-14)16-11-17(18-4-2-10-29-18)26(25-16)19(27)12-30-21(28)15-3-1-9-24-20(15)23/h1-10,17H,11-12H2. The van der Waals surface area contributed by atoms with Crippen LogP contribution in [0, 0.1) is 0 Å². The largest absolute Gasteiger partial charge is 0.467 e. The molecule has 30 heavy (non-hydrogen) atoms. The molecule has 2 aromatic heterocycles. The van der Waals surface area contributed by atoms with Crippen molar-refractivity contribution in [2.45, 2.75) is 12.5 Å². The van der Waals surface area contributed by atoms with Crippen molar-refractivity contribution in [2.24, 2.45) is 5.10 Å². The molecule has 0 saturated carbocycles. The van der Waals surface area contributed by atoms with Gasteiger partial charge < -0.3 is 9.15 Å². The Morgan fingerprint density at radius 3 is 2.63 bits per heavy atom. The van der Waals surface area contributed by atoms with E-state index in [0.29, 0.717) is 22.9 Å². The van der Waals surface area contributed by atoms with Gasteiger partial charge in [0.15, 0.2) is 6.61 Å². The van der Waals surface area contributed by atoms with E-state index in [1.165, 1.54) is 23.5 Å². The monoisotopic (exact) mass is 443 g/mol. The molecule has 0 fully saturated rings. The summed E-state index contributed by atoms with van der Waals surface area (Å²) in [5.74, 6) is -0.650. The van der Waals surface area contributed by atoms with Crippen LogP contribution in [0.4, 0.5) is 0 Å². The highest BCUT2D eigenvalue weighted by Crippen LogP contribution is 2.33. The average Bonchev–Trinajstić information content (AvgIpc) is 3.42. The average molecular weight is 444 g/mol. The minimum atomic E-state index is -0.739. The first-order valence-electron chi connectivity index (χ1n) is 8.99. The van der Waals surface area contributed by atoms with Crippen molar-refractivity contribution in [2.75, 3.05) is 6.61 Å². The van der Waals surface area contributed by atoms with Crippen molar-refractivity contribution in [1.29, 1.82) is 0 Å². The molecule has 0 saturated heterocycles. The Morgan fingerprint density at radius 1 is 1.13 bits per heavy atom.